The molecule has 0 spiro atoms. The Bertz CT molecular complexity index is 2240. The molecule has 0 aromatic heterocycles. The molecule has 1 aliphatic carbocycles. The zero-order valence-corrected chi connectivity index (χ0v) is 33.9. The number of likely N-dealkylation sites (tertiary alicyclic amines) is 1. The zero-order valence-electron chi connectivity index (χ0n) is 33.9. The highest BCUT2D eigenvalue weighted by molar-refractivity contribution is 6.06. The number of likely N-dealkylation sites (N-methyl/N-ethyl adjacent to an activating group) is 1. The summed E-state index contributed by atoms with van der Waals surface area (Å²) in [5.41, 5.74) is 4.44. The van der Waals surface area contributed by atoms with Crippen molar-refractivity contribution in [2.75, 3.05) is 62.9 Å². The van der Waals surface area contributed by atoms with Crippen LogP contribution in [0, 0.1) is 5.92 Å². The molecule has 2 fully saturated rings. The summed E-state index contributed by atoms with van der Waals surface area (Å²) in [6.45, 7) is 4.51. The van der Waals surface area contributed by atoms with Crippen LogP contribution in [0.1, 0.15) is 46.4 Å². The first-order valence-electron chi connectivity index (χ1n) is 20.7. The van der Waals surface area contributed by atoms with Crippen LogP contribution in [-0.2, 0) is 4.74 Å². The molecule has 0 radical (unpaired) electrons. The third-order valence-corrected chi connectivity index (χ3v) is 11.0. The predicted octanol–water partition coefficient (Wildman–Crippen LogP) is 8.03. The number of amides is 4. The van der Waals surface area contributed by atoms with E-state index in [9.17, 15) is 24.3 Å². The van der Waals surface area contributed by atoms with Crippen LogP contribution in [0.25, 0.3) is 22.3 Å². The number of ether oxygens (including phenoxy) is 1. The number of hydrazine groups is 1. The zero-order chi connectivity index (χ0) is 41.8. The van der Waals surface area contributed by atoms with E-state index in [0.717, 1.165) is 33.6 Å². The van der Waals surface area contributed by atoms with Gasteiger partial charge in [0.1, 0.15) is 6.10 Å². The molecule has 1 heterocycles. The first-order valence-corrected chi connectivity index (χ1v) is 20.7. The van der Waals surface area contributed by atoms with Crippen molar-refractivity contribution in [3.05, 3.63) is 145 Å². The third kappa shape index (κ3) is 10.6. The Morgan fingerprint density at radius 2 is 1.25 bits per heavy atom. The number of nitrogens with zero attached hydrogens (tertiary/aromatic N) is 4. The van der Waals surface area contributed by atoms with Gasteiger partial charge < -0.3 is 30.3 Å². The van der Waals surface area contributed by atoms with Gasteiger partial charge in [0.2, 0.25) is 0 Å². The van der Waals surface area contributed by atoms with Crippen LogP contribution in [0.3, 0.4) is 0 Å². The smallest absolute Gasteiger partial charge is 0.434 e. The van der Waals surface area contributed by atoms with Gasteiger partial charge in [0.15, 0.2) is 0 Å². The number of rotatable bonds is 15. The van der Waals surface area contributed by atoms with Gasteiger partial charge in [-0.15, -0.1) is 0 Å². The van der Waals surface area contributed by atoms with Crippen LogP contribution >= 0.6 is 0 Å². The number of carboxylic acid groups (broad SMARTS) is 1. The van der Waals surface area contributed by atoms with E-state index in [4.69, 9.17) is 4.74 Å². The fraction of sp³-hybridized carbons (Fsp3) is 0.292. The second-order valence-corrected chi connectivity index (χ2v) is 15.3. The molecule has 0 bridgehead atoms. The summed E-state index contributed by atoms with van der Waals surface area (Å²) in [5, 5.41) is 19.3. The lowest BCUT2D eigenvalue weighted by Crippen LogP contribution is -2.52. The number of anilines is 2. The molecule has 310 valence electrons. The summed E-state index contributed by atoms with van der Waals surface area (Å²) in [7, 11) is 1.75. The average molecular weight is 809 g/mol. The minimum absolute atomic E-state index is 0.174. The van der Waals surface area contributed by atoms with Crippen LogP contribution in [0.4, 0.5) is 21.0 Å². The molecule has 60 heavy (non-hydrogen) atoms. The molecule has 12 heteroatoms. The minimum atomic E-state index is -1.35. The van der Waals surface area contributed by atoms with Gasteiger partial charge in [-0.2, -0.15) is 10.0 Å². The van der Waals surface area contributed by atoms with E-state index in [1.165, 1.54) is 12.8 Å². The van der Waals surface area contributed by atoms with E-state index in [1.807, 2.05) is 84.9 Å². The van der Waals surface area contributed by atoms with E-state index in [0.29, 0.717) is 85.7 Å². The van der Waals surface area contributed by atoms with Gasteiger partial charge in [0.25, 0.3) is 11.8 Å². The number of hydrogen-bond acceptors (Lipinski definition) is 7. The lowest BCUT2D eigenvalue weighted by atomic mass is 10.0. The van der Waals surface area contributed by atoms with Crippen molar-refractivity contribution in [2.45, 2.75) is 31.8 Å². The molecule has 3 N–H and O–H groups in total. The predicted molar refractivity (Wildman–Crippen MR) is 234 cm³/mol. The molecular formula is C48H52N6O6. The Hall–Kier alpha value is -6.50. The van der Waals surface area contributed by atoms with Gasteiger partial charge in [0, 0.05) is 68.6 Å². The van der Waals surface area contributed by atoms with Crippen molar-refractivity contribution in [3.8, 4) is 22.3 Å². The highest BCUT2D eigenvalue weighted by Gasteiger charge is 2.36. The quantitative estimate of drug-likeness (QED) is 0.0716. The molecule has 5 aromatic carbocycles. The molecule has 4 amide bonds. The van der Waals surface area contributed by atoms with Crippen molar-refractivity contribution in [3.63, 3.8) is 0 Å². The van der Waals surface area contributed by atoms with Gasteiger partial charge in [-0.05, 0) is 79.6 Å². The monoisotopic (exact) mass is 808 g/mol. The van der Waals surface area contributed by atoms with Gasteiger partial charge in [-0.3, -0.25) is 9.59 Å². The summed E-state index contributed by atoms with van der Waals surface area (Å²) in [4.78, 5) is 58.0. The number of piperidine rings is 1. The van der Waals surface area contributed by atoms with Gasteiger partial charge in [-0.25, -0.2) is 9.59 Å². The summed E-state index contributed by atoms with van der Waals surface area (Å²) in [5.74, 6) is 0.393. The number of para-hydroxylation sites is 2. The van der Waals surface area contributed by atoms with Crippen molar-refractivity contribution in [1.82, 2.24) is 20.4 Å². The van der Waals surface area contributed by atoms with Gasteiger partial charge in [-0.1, -0.05) is 103 Å². The molecule has 0 atom stereocenters. The Balaban J connectivity index is 1.00. The Kier molecular flexibility index (Phi) is 13.9. The number of hydrogen-bond donors (Lipinski definition) is 3. The second-order valence-electron chi connectivity index (χ2n) is 15.3. The fourth-order valence-corrected chi connectivity index (χ4v) is 7.47. The SMILES string of the molecule is CN(CCN1CCC(OC(=O)N(c2ccccc2-c2ccccc2)N(C(=O)O)c2ccccc2-c2ccccc2)CC1)C(=O)c1cccc(C(=O)NCCNCC2CC2)c1. The Labute approximate surface area is 351 Å². The number of nitrogens with one attached hydrogen (secondary N) is 2. The molecule has 7 rings (SSSR count). The van der Waals surface area contributed by atoms with E-state index >= 15 is 0 Å². The number of benzene rings is 5. The van der Waals surface area contributed by atoms with Crippen molar-refractivity contribution in [2.24, 2.45) is 5.92 Å². The fourth-order valence-electron chi connectivity index (χ4n) is 7.47. The third-order valence-electron chi connectivity index (χ3n) is 11.0. The first-order chi connectivity index (χ1) is 29.3. The van der Waals surface area contributed by atoms with Crippen LogP contribution < -0.4 is 20.7 Å². The Morgan fingerprint density at radius 1 is 0.683 bits per heavy atom. The van der Waals surface area contributed by atoms with E-state index in [2.05, 4.69) is 15.5 Å². The molecule has 0 unspecified atom stereocenters. The first kappa shape index (κ1) is 41.7. The molecule has 5 aromatic rings. The van der Waals surface area contributed by atoms with Crippen molar-refractivity contribution >= 4 is 35.4 Å². The second kappa shape index (κ2) is 20.0. The van der Waals surface area contributed by atoms with E-state index in [-0.39, 0.29) is 11.8 Å². The average Bonchev–Trinajstić information content (AvgIpc) is 4.12. The van der Waals surface area contributed by atoms with E-state index in [1.54, 1.807) is 60.5 Å². The summed E-state index contributed by atoms with van der Waals surface area (Å²) < 4.78 is 6.20. The normalized spacial score (nSPS) is 14.2. The molecule has 1 saturated carbocycles. The van der Waals surface area contributed by atoms with Crippen LogP contribution in [0.2, 0.25) is 0 Å². The topological polar surface area (TPSA) is 135 Å². The van der Waals surface area contributed by atoms with E-state index < -0.39 is 18.3 Å². The van der Waals surface area contributed by atoms with Crippen LogP contribution in [0.15, 0.2) is 133 Å². The summed E-state index contributed by atoms with van der Waals surface area (Å²) in [6.07, 6.45) is 0.972. The molecule has 1 saturated heterocycles. The summed E-state index contributed by atoms with van der Waals surface area (Å²) in [6, 6.07) is 40.1. The Morgan fingerprint density at radius 3 is 1.85 bits per heavy atom. The lowest BCUT2D eigenvalue weighted by molar-refractivity contribution is 0.0503. The highest BCUT2D eigenvalue weighted by Crippen LogP contribution is 2.38. The molecular weight excluding hydrogens is 757 g/mol. The maximum Gasteiger partial charge on any atom is 0.434 e. The minimum Gasteiger partial charge on any atom is -0.463 e. The maximum absolute atomic E-state index is 14.6. The maximum atomic E-state index is 14.6. The molecule has 2 aliphatic rings. The van der Waals surface area contributed by atoms with Crippen molar-refractivity contribution in [1.29, 1.82) is 0 Å². The van der Waals surface area contributed by atoms with Crippen LogP contribution in [0.5, 0.6) is 0 Å². The highest BCUT2D eigenvalue weighted by atomic mass is 16.6. The lowest BCUT2D eigenvalue weighted by Gasteiger charge is -2.37. The van der Waals surface area contributed by atoms with Gasteiger partial charge in [0.05, 0.1) is 11.4 Å². The van der Waals surface area contributed by atoms with Gasteiger partial charge >= 0.3 is 12.2 Å². The van der Waals surface area contributed by atoms with Crippen molar-refractivity contribution < 1.29 is 29.0 Å². The van der Waals surface area contributed by atoms with Crippen LogP contribution in [-0.4, -0.2) is 97.9 Å². The summed E-state index contributed by atoms with van der Waals surface area (Å²) >= 11 is 0. The largest absolute Gasteiger partial charge is 0.463 e. The number of carbonyl (C=O) groups excluding carboxylic acids is 3. The molecule has 12 nitrogen and oxygen atoms in total. The standard InChI is InChI=1S/C48H52N6O6/c1-51(46(56)39-18-12-17-38(33-39)45(55)50-28-27-49-34-35-23-24-35)31-32-52-29-25-40(26-30-52)60-48(59)54(44-22-11-9-20-42(44)37-15-6-3-7-16-37)53(47(57)58)43-21-10-8-19-41(43)36-13-4-2-5-14-36/h2-22,33,35,40,49H,23-32,34H2,1H3,(H,50,55)(H,57,58). The molecule has 1 aliphatic heterocycles. The number of carbonyl (C=O) groups is 4.